The Morgan fingerprint density at radius 2 is 1.80 bits per heavy atom. The third kappa shape index (κ3) is 4.29. The van der Waals surface area contributed by atoms with Crippen LogP contribution in [0.2, 0.25) is 0 Å². The Kier molecular flexibility index (Phi) is 5.93. The SMILES string of the molecule is CCC(C(=O)O)N(CC)CC(=O)N(C)C. The van der Waals surface area contributed by atoms with E-state index in [1.807, 2.05) is 13.8 Å². The Morgan fingerprint density at radius 3 is 2.07 bits per heavy atom. The minimum absolute atomic E-state index is 0.0726. The fourth-order valence-corrected chi connectivity index (χ4v) is 1.35. The standard InChI is InChI=1S/C10H20N2O3/c1-5-8(10(14)15)12(6-2)7-9(13)11(3)4/h8H,5-7H2,1-4H3,(H,14,15). The minimum Gasteiger partial charge on any atom is -0.480 e. The summed E-state index contributed by atoms with van der Waals surface area (Å²) in [5.74, 6) is -0.942. The molecule has 0 aromatic rings. The van der Waals surface area contributed by atoms with Gasteiger partial charge in [-0.1, -0.05) is 13.8 Å². The molecule has 0 fully saturated rings. The lowest BCUT2D eigenvalue weighted by molar-refractivity contribution is -0.144. The molecule has 5 heteroatoms. The molecular formula is C10H20N2O3. The second kappa shape index (κ2) is 6.40. The van der Waals surface area contributed by atoms with Gasteiger partial charge < -0.3 is 10.0 Å². The van der Waals surface area contributed by atoms with Crippen molar-refractivity contribution in [2.45, 2.75) is 26.3 Å². The van der Waals surface area contributed by atoms with E-state index in [0.29, 0.717) is 13.0 Å². The average Bonchev–Trinajstić information content (AvgIpc) is 2.16. The Labute approximate surface area is 90.7 Å². The number of aliphatic carboxylic acids is 1. The third-order valence-electron chi connectivity index (χ3n) is 2.36. The molecule has 0 aliphatic carbocycles. The van der Waals surface area contributed by atoms with E-state index in [0.717, 1.165) is 0 Å². The van der Waals surface area contributed by atoms with Crippen molar-refractivity contribution in [2.75, 3.05) is 27.2 Å². The highest BCUT2D eigenvalue weighted by Crippen LogP contribution is 2.04. The molecular weight excluding hydrogens is 196 g/mol. The number of carbonyl (C=O) groups is 2. The largest absolute Gasteiger partial charge is 0.480 e. The first-order chi connectivity index (χ1) is 6.93. The first-order valence-electron chi connectivity index (χ1n) is 5.11. The molecule has 0 aliphatic rings. The molecule has 0 aromatic carbocycles. The van der Waals surface area contributed by atoms with Gasteiger partial charge >= 0.3 is 5.97 Å². The van der Waals surface area contributed by atoms with Crippen LogP contribution in [-0.4, -0.2) is 60.0 Å². The molecule has 0 rings (SSSR count). The number of carbonyl (C=O) groups excluding carboxylic acids is 1. The molecule has 5 nitrogen and oxygen atoms in total. The number of carboxylic acid groups (broad SMARTS) is 1. The van der Waals surface area contributed by atoms with Crippen LogP contribution in [0.3, 0.4) is 0 Å². The Hall–Kier alpha value is -1.10. The second-order valence-electron chi connectivity index (χ2n) is 3.61. The average molecular weight is 216 g/mol. The van der Waals surface area contributed by atoms with Gasteiger partial charge in [0, 0.05) is 14.1 Å². The van der Waals surface area contributed by atoms with Crippen molar-refractivity contribution in [1.82, 2.24) is 9.80 Å². The van der Waals surface area contributed by atoms with Gasteiger partial charge in [-0.2, -0.15) is 0 Å². The van der Waals surface area contributed by atoms with E-state index in [4.69, 9.17) is 5.11 Å². The van der Waals surface area contributed by atoms with Crippen molar-refractivity contribution in [3.63, 3.8) is 0 Å². The fraction of sp³-hybridized carbons (Fsp3) is 0.800. The van der Waals surface area contributed by atoms with E-state index in [1.165, 1.54) is 4.90 Å². The Morgan fingerprint density at radius 1 is 1.27 bits per heavy atom. The summed E-state index contributed by atoms with van der Waals surface area (Å²) in [6.07, 6.45) is 0.504. The maximum Gasteiger partial charge on any atom is 0.320 e. The highest BCUT2D eigenvalue weighted by molar-refractivity contribution is 5.79. The molecule has 0 radical (unpaired) electrons. The van der Waals surface area contributed by atoms with E-state index in [9.17, 15) is 9.59 Å². The van der Waals surface area contributed by atoms with Gasteiger partial charge in [-0.3, -0.25) is 14.5 Å². The topological polar surface area (TPSA) is 60.9 Å². The van der Waals surface area contributed by atoms with Crippen molar-refractivity contribution in [2.24, 2.45) is 0 Å². The number of likely N-dealkylation sites (N-methyl/N-ethyl adjacent to an activating group) is 2. The van der Waals surface area contributed by atoms with Crippen LogP contribution in [0.15, 0.2) is 0 Å². The Balaban J connectivity index is 4.47. The van der Waals surface area contributed by atoms with E-state index >= 15 is 0 Å². The monoisotopic (exact) mass is 216 g/mol. The molecule has 88 valence electrons. The van der Waals surface area contributed by atoms with Crippen molar-refractivity contribution in [1.29, 1.82) is 0 Å². The zero-order chi connectivity index (χ0) is 12.0. The Bertz CT molecular complexity index is 229. The van der Waals surface area contributed by atoms with Gasteiger partial charge in [0.15, 0.2) is 0 Å². The molecule has 0 aromatic heterocycles. The zero-order valence-corrected chi connectivity index (χ0v) is 9.86. The number of carboxylic acids is 1. The van der Waals surface area contributed by atoms with Gasteiger partial charge in [-0.15, -0.1) is 0 Å². The molecule has 15 heavy (non-hydrogen) atoms. The fourth-order valence-electron chi connectivity index (χ4n) is 1.35. The van der Waals surface area contributed by atoms with Crippen LogP contribution in [0.25, 0.3) is 0 Å². The highest BCUT2D eigenvalue weighted by atomic mass is 16.4. The van der Waals surface area contributed by atoms with Crippen LogP contribution >= 0.6 is 0 Å². The molecule has 1 N–H and O–H groups in total. The highest BCUT2D eigenvalue weighted by Gasteiger charge is 2.24. The molecule has 1 atom stereocenters. The molecule has 0 aliphatic heterocycles. The molecule has 1 unspecified atom stereocenters. The second-order valence-corrected chi connectivity index (χ2v) is 3.61. The number of nitrogens with zero attached hydrogens (tertiary/aromatic N) is 2. The lowest BCUT2D eigenvalue weighted by Gasteiger charge is -2.27. The van der Waals surface area contributed by atoms with Crippen molar-refractivity contribution in [3.8, 4) is 0 Å². The lowest BCUT2D eigenvalue weighted by Crippen LogP contribution is -2.45. The summed E-state index contributed by atoms with van der Waals surface area (Å²) < 4.78 is 0. The summed E-state index contributed by atoms with van der Waals surface area (Å²) in [6.45, 7) is 4.38. The summed E-state index contributed by atoms with van der Waals surface area (Å²) in [4.78, 5) is 25.5. The van der Waals surface area contributed by atoms with Crippen LogP contribution in [0.1, 0.15) is 20.3 Å². The molecule has 1 amide bonds. The predicted molar refractivity (Wildman–Crippen MR) is 57.7 cm³/mol. The molecule has 0 saturated carbocycles. The van der Waals surface area contributed by atoms with Crippen LogP contribution in [0.5, 0.6) is 0 Å². The lowest BCUT2D eigenvalue weighted by atomic mass is 10.2. The summed E-state index contributed by atoms with van der Waals surface area (Å²) in [7, 11) is 3.33. The van der Waals surface area contributed by atoms with Gasteiger partial charge in [0.2, 0.25) is 5.91 Å². The maximum absolute atomic E-state index is 11.4. The van der Waals surface area contributed by atoms with E-state index in [2.05, 4.69) is 0 Å². The number of amides is 1. The van der Waals surface area contributed by atoms with E-state index in [-0.39, 0.29) is 12.5 Å². The van der Waals surface area contributed by atoms with Crippen molar-refractivity contribution >= 4 is 11.9 Å². The predicted octanol–water partition coefficient (Wildman–Crippen LogP) is 0.260. The quantitative estimate of drug-likeness (QED) is 0.692. The third-order valence-corrected chi connectivity index (χ3v) is 2.36. The normalized spacial score (nSPS) is 12.6. The van der Waals surface area contributed by atoms with Crippen LogP contribution < -0.4 is 0 Å². The summed E-state index contributed by atoms with van der Waals surface area (Å²) >= 11 is 0. The van der Waals surface area contributed by atoms with Crippen LogP contribution in [-0.2, 0) is 9.59 Å². The van der Waals surface area contributed by atoms with Crippen LogP contribution in [0, 0.1) is 0 Å². The number of rotatable bonds is 6. The molecule has 0 saturated heterocycles. The summed E-state index contributed by atoms with van der Waals surface area (Å²) in [5, 5.41) is 8.96. The molecule has 0 spiro atoms. The maximum atomic E-state index is 11.4. The van der Waals surface area contributed by atoms with Crippen molar-refractivity contribution in [3.05, 3.63) is 0 Å². The van der Waals surface area contributed by atoms with Gasteiger partial charge in [0.1, 0.15) is 6.04 Å². The van der Waals surface area contributed by atoms with Gasteiger partial charge in [-0.05, 0) is 13.0 Å². The smallest absolute Gasteiger partial charge is 0.320 e. The number of hydrogen-bond acceptors (Lipinski definition) is 3. The number of hydrogen-bond donors (Lipinski definition) is 1. The summed E-state index contributed by atoms with van der Waals surface area (Å²) in [5.41, 5.74) is 0. The van der Waals surface area contributed by atoms with Gasteiger partial charge in [-0.25, -0.2) is 0 Å². The van der Waals surface area contributed by atoms with Crippen molar-refractivity contribution < 1.29 is 14.7 Å². The van der Waals surface area contributed by atoms with Gasteiger partial charge in [0.25, 0.3) is 0 Å². The first-order valence-corrected chi connectivity index (χ1v) is 5.11. The summed E-state index contributed by atoms with van der Waals surface area (Å²) in [6, 6.07) is -0.570. The molecule has 0 bridgehead atoms. The first kappa shape index (κ1) is 13.9. The molecule has 0 heterocycles. The minimum atomic E-state index is -0.870. The van der Waals surface area contributed by atoms with E-state index < -0.39 is 12.0 Å². The van der Waals surface area contributed by atoms with Gasteiger partial charge in [0.05, 0.1) is 6.54 Å². The van der Waals surface area contributed by atoms with E-state index in [1.54, 1.807) is 19.0 Å². The van der Waals surface area contributed by atoms with Crippen LogP contribution in [0.4, 0.5) is 0 Å². The zero-order valence-electron chi connectivity index (χ0n) is 9.86.